The van der Waals surface area contributed by atoms with Crippen molar-refractivity contribution in [2.75, 3.05) is 6.54 Å². The number of carboxylic acids is 1. The zero-order valence-corrected chi connectivity index (χ0v) is 12.8. The molecule has 1 aromatic rings. The van der Waals surface area contributed by atoms with Crippen LogP contribution in [0.5, 0.6) is 0 Å². The second kappa shape index (κ2) is 5.45. The molecule has 1 aromatic heterocycles. The van der Waals surface area contributed by atoms with Crippen molar-refractivity contribution in [3.8, 4) is 0 Å². The van der Waals surface area contributed by atoms with Crippen molar-refractivity contribution in [2.24, 2.45) is 5.41 Å². The van der Waals surface area contributed by atoms with Crippen LogP contribution in [0.2, 0.25) is 0 Å². The Morgan fingerprint density at radius 2 is 2.40 bits per heavy atom. The van der Waals surface area contributed by atoms with Gasteiger partial charge in [-0.15, -0.1) is 11.3 Å². The van der Waals surface area contributed by atoms with Gasteiger partial charge in [-0.2, -0.15) is 0 Å². The first-order valence-electron chi connectivity index (χ1n) is 7.49. The molecule has 1 aliphatic heterocycles. The summed E-state index contributed by atoms with van der Waals surface area (Å²) in [4.78, 5) is 18.1. The molecule has 1 spiro atoms. The maximum absolute atomic E-state index is 11.1. The third kappa shape index (κ3) is 2.74. The summed E-state index contributed by atoms with van der Waals surface area (Å²) in [6, 6.07) is 0.194. The topological polar surface area (TPSA) is 53.4 Å². The molecule has 20 heavy (non-hydrogen) atoms. The molecule has 5 heteroatoms. The average molecular weight is 294 g/mol. The smallest absolute Gasteiger partial charge is 0.304 e. The SMILES string of the molecule is CCc1nc(CN2CC3(CCC3)CC2CC(=O)O)cs1. The summed E-state index contributed by atoms with van der Waals surface area (Å²) >= 11 is 1.71. The zero-order chi connectivity index (χ0) is 14.2. The van der Waals surface area contributed by atoms with Crippen LogP contribution in [0.1, 0.15) is 49.7 Å². The summed E-state index contributed by atoms with van der Waals surface area (Å²) in [5.41, 5.74) is 1.53. The van der Waals surface area contributed by atoms with E-state index in [1.807, 2.05) is 0 Å². The highest BCUT2D eigenvalue weighted by molar-refractivity contribution is 7.09. The Labute approximate surface area is 123 Å². The highest BCUT2D eigenvalue weighted by Gasteiger charge is 2.47. The largest absolute Gasteiger partial charge is 0.481 e. The van der Waals surface area contributed by atoms with E-state index in [9.17, 15) is 4.79 Å². The van der Waals surface area contributed by atoms with Crippen LogP contribution < -0.4 is 0 Å². The lowest BCUT2D eigenvalue weighted by molar-refractivity contribution is -0.138. The predicted molar refractivity (Wildman–Crippen MR) is 78.8 cm³/mol. The number of rotatable bonds is 5. The second-order valence-electron chi connectivity index (χ2n) is 6.30. The van der Waals surface area contributed by atoms with Gasteiger partial charge < -0.3 is 5.11 Å². The van der Waals surface area contributed by atoms with Crippen molar-refractivity contribution < 1.29 is 9.90 Å². The van der Waals surface area contributed by atoms with E-state index in [4.69, 9.17) is 5.11 Å². The quantitative estimate of drug-likeness (QED) is 0.907. The molecular formula is C15H22N2O2S. The number of nitrogens with zero attached hydrogens (tertiary/aromatic N) is 2. The van der Waals surface area contributed by atoms with Gasteiger partial charge >= 0.3 is 5.97 Å². The van der Waals surface area contributed by atoms with Gasteiger partial charge in [-0.3, -0.25) is 9.69 Å². The maximum Gasteiger partial charge on any atom is 0.304 e. The zero-order valence-electron chi connectivity index (χ0n) is 12.0. The van der Waals surface area contributed by atoms with Gasteiger partial charge in [0, 0.05) is 24.5 Å². The van der Waals surface area contributed by atoms with E-state index < -0.39 is 5.97 Å². The Kier molecular flexibility index (Phi) is 3.82. The minimum Gasteiger partial charge on any atom is -0.481 e. The van der Waals surface area contributed by atoms with E-state index in [1.54, 1.807) is 11.3 Å². The minimum absolute atomic E-state index is 0.194. The summed E-state index contributed by atoms with van der Waals surface area (Å²) in [6.45, 7) is 4.00. The molecule has 2 heterocycles. The number of carbonyl (C=O) groups is 1. The Morgan fingerprint density at radius 3 is 2.95 bits per heavy atom. The van der Waals surface area contributed by atoms with Gasteiger partial charge in [-0.25, -0.2) is 4.98 Å². The Morgan fingerprint density at radius 1 is 1.60 bits per heavy atom. The van der Waals surface area contributed by atoms with Crippen molar-refractivity contribution in [3.05, 3.63) is 16.1 Å². The fourth-order valence-corrected chi connectivity index (χ4v) is 4.41. The molecule has 1 unspecified atom stereocenters. The Bertz CT molecular complexity index is 496. The molecule has 1 saturated carbocycles. The lowest BCUT2D eigenvalue weighted by Gasteiger charge is -2.38. The molecule has 1 aliphatic carbocycles. The molecule has 1 N–H and O–H groups in total. The van der Waals surface area contributed by atoms with E-state index >= 15 is 0 Å². The number of hydrogen-bond acceptors (Lipinski definition) is 4. The van der Waals surface area contributed by atoms with Crippen LogP contribution in [0, 0.1) is 5.41 Å². The fourth-order valence-electron chi connectivity index (χ4n) is 3.67. The predicted octanol–water partition coefficient (Wildman–Crippen LogP) is 2.92. The van der Waals surface area contributed by atoms with Crippen molar-refractivity contribution in [3.63, 3.8) is 0 Å². The van der Waals surface area contributed by atoms with Crippen LogP contribution in [0.3, 0.4) is 0 Å². The number of aromatic nitrogens is 1. The average Bonchev–Trinajstić information content (AvgIpc) is 2.94. The molecule has 0 amide bonds. The van der Waals surface area contributed by atoms with Gasteiger partial charge in [0.25, 0.3) is 0 Å². The number of carboxylic acid groups (broad SMARTS) is 1. The molecule has 1 atom stereocenters. The van der Waals surface area contributed by atoms with Gasteiger partial charge in [0.15, 0.2) is 0 Å². The normalized spacial score (nSPS) is 24.9. The summed E-state index contributed by atoms with van der Waals surface area (Å²) in [7, 11) is 0. The summed E-state index contributed by atoms with van der Waals surface area (Å²) in [5, 5.41) is 12.4. The molecule has 2 aliphatic rings. The standard InChI is InChI=1S/C15H22N2O2S/c1-2-13-16-11(9-20-13)8-17-10-15(4-3-5-15)7-12(17)6-14(18)19/h9,12H,2-8,10H2,1H3,(H,18,19). The molecule has 3 rings (SSSR count). The number of aryl methyl sites for hydroxylation is 1. The van der Waals surface area contributed by atoms with E-state index in [0.29, 0.717) is 5.41 Å². The second-order valence-corrected chi connectivity index (χ2v) is 7.24. The highest BCUT2D eigenvalue weighted by Crippen LogP contribution is 2.51. The summed E-state index contributed by atoms with van der Waals surface area (Å²) < 4.78 is 0. The molecule has 0 radical (unpaired) electrons. The van der Waals surface area contributed by atoms with E-state index in [-0.39, 0.29) is 12.5 Å². The monoisotopic (exact) mass is 294 g/mol. The molecule has 4 nitrogen and oxygen atoms in total. The first-order chi connectivity index (χ1) is 9.60. The number of thiazole rings is 1. The van der Waals surface area contributed by atoms with Crippen LogP contribution in [0.4, 0.5) is 0 Å². The van der Waals surface area contributed by atoms with E-state index in [1.165, 1.54) is 24.3 Å². The third-order valence-corrected chi connectivity index (χ3v) is 5.86. The van der Waals surface area contributed by atoms with Crippen molar-refractivity contribution >= 4 is 17.3 Å². The lowest BCUT2D eigenvalue weighted by Crippen LogP contribution is -2.34. The molecule has 0 bridgehead atoms. The van der Waals surface area contributed by atoms with Gasteiger partial charge in [0.05, 0.1) is 17.1 Å². The van der Waals surface area contributed by atoms with Crippen LogP contribution in [-0.4, -0.2) is 33.5 Å². The van der Waals surface area contributed by atoms with Crippen LogP contribution in [0.15, 0.2) is 5.38 Å². The summed E-state index contributed by atoms with van der Waals surface area (Å²) in [6.07, 6.45) is 6.17. The highest BCUT2D eigenvalue weighted by atomic mass is 32.1. The van der Waals surface area contributed by atoms with Gasteiger partial charge in [-0.05, 0) is 31.1 Å². The molecule has 110 valence electrons. The first-order valence-corrected chi connectivity index (χ1v) is 8.37. The Balaban J connectivity index is 1.69. The maximum atomic E-state index is 11.1. The fraction of sp³-hybridized carbons (Fsp3) is 0.733. The van der Waals surface area contributed by atoms with Crippen LogP contribution in [-0.2, 0) is 17.8 Å². The molecule has 0 aromatic carbocycles. The number of likely N-dealkylation sites (tertiary alicyclic amines) is 1. The van der Waals surface area contributed by atoms with Gasteiger partial charge in [0.2, 0.25) is 0 Å². The lowest BCUT2D eigenvalue weighted by atomic mass is 9.67. The van der Waals surface area contributed by atoms with Crippen LogP contribution in [0.25, 0.3) is 0 Å². The summed E-state index contributed by atoms with van der Waals surface area (Å²) in [5.74, 6) is -0.677. The van der Waals surface area contributed by atoms with Gasteiger partial charge in [0.1, 0.15) is 0 Å². The first kappa shape index (κ1) is 14.0. The van der Waals surface area contributed by atoms with Gasteiger partial charge in [-0.1, -0.05) is 13.3 Å². The molecular weight excluding hydrogens is 272 g/mol. The molecule has 2 fully saturated rings. The van der Waals surface area contributed by atoms with E-state index in [2.05, 4.69) is 22.2 Å². The molecule has 1 saturated heterocycles. The van der Waals surface area contributed by atoms with Crippen LogP contribution >= 0.6 is 11.3 Å². The number of hydrogen-bond donors (Lipinski definition) is 1. The Hall–Kier alpha value is -0.940. The van der Waals surface area contributed by atoms with Crippen molar-refractivity contribution in [1.29, 1.82) is 0 Å². The van der Waals surface area contributed by atoms with Crippen molar-refractivity contribution in [2.45, 2.75) is 58.0 Å². The van der Waals surface area contributed by atoms with E-state index in [0.717, 1.165) is 31.6 Å². The van der Waals surface area contributed by atoms with Crippen molar-refractivity contribution in [1.82, 2.24) is 9.88 Å². The number of aliphatic carboxylic acids is 1. The minimum atomic E-state index is -0.677. The third-order valence-electron chi connectivity index (χ3n) is 4.81.